The summed E-state index contributed by atoms with van der Waals surface area (Å²) in [4.78, 5) is 4.08. The Morgan fingerprint density at radius 1 is 0.783 bits per heavy atom. The van der Waals surface area contributed by atoms with E-state index in [1.165, 1.54) is 0 Å². The maximum absolute atomic E-state index is 6.29. The summed E-state index contributed by atoms with van der Waals surface area (Å²) < 4.78 is -1.50. The van der Waals surface area contributed by atoms with E-state index in [2.05, 4.69) is 0 Å². The lowest BCUT2D eigenvalue weighted by atomic mass is 10.2. The van der Waals surface area contributed by atoms with Crippen LogP contribution in [-0.2, 0) is 0 Å². The number of halogens is 5. The van der Waals surface area contributed by atoms with Gasteiger partial charge in [-0.2, -0.15) is 0 Å². The van der Waals surface area contributed by atoms with E-state index in [9.17, 15) is 0 Å². The van der Waals surface area contributed by atoms with Gasteiger partial charge in [-0.3, -0.25) is 0 Å². The molecule has 0 spiro atoms. The third-order valence-electron chi connectivity index (χ3n) is 3.74. The zero-order valence-electron chi connectivity index (χ0n) is 11.9. The molecule has 122 valence electrons. The zero-order chi connectivity index (χ0) is 16.6. The van der Waals surface area contributed by atoms with Gasteiger partial charge in [0.05, 0.1) is 0 Å². The van der Waals surface area contributed by atoms with Gasteiger partial charge in [-0.1, -0.05) is 70.1 Å². The minimum absolute atomic E-state index is 0.454. The van der Waals surface area contributed by atoms with E-state index in [-0.39, 0.29) is 0 Å². The molecule has 2 nitrogen and oxygen atoms in total. The van der Waals surface area contributed by atoms with E-state index < -0.39 is 9.96 Å². The Hall–Kier alpha value is -0.510. The fourth-order valence-electron chi connectivity index (χ4n) is 2.83. The van der Waals surface area contributed by atoms with Gasteiger partial charge in [0, 0.05) is 34.5 Å². The molecule has 2 aromatic rings. The second-order valence-corrected chi connectivity index (χ2v) is 8.50. The van der Waals surface area contributed by atoms with Crippen LogP contribution in [0.2, 0.25) is 10.0 Å². The minimum atomic E-state index is -1.50. The van der Waals surface area contributed by atoms with Gasteiger partial charge in [0.15, 0.2) is 6.17 Å². The summed E-state index contributed by atoms with van der Waals surface area (Å²) in [5.74, 6) is 0. The topological polar surface area (TPSA) is 6.48 Å². The van der Waals surface area contributed by atoms with Gasteiger partial charge in [0.1, 0.15) is 0 Å². The van der Waals surface area contributed by atoms with Gasteiger partial charge in [0.25, 0.3) is 0 Å². The molecular weight excluding hydrogens is 397 g/mol. The quantitative estimate of drug-likeness (QED) is 0.559. The third-order valence-corrected chi connectivity index (χ3v) is 4.80. The molecule has 0 aromatic heterocycles. The number of benzene rings is 2. The van der Waals surface area contributed by atoms with E-state index in [0.29, 0.717) is 23.1 Å². The molecule has 0 bridgehead atoms. The third kappa shape index (κ3) is 3.78. The molecule has 0 saturated carbocycles. The molecule has 1 fully saturated rings. The largest absolute Gasteiger partial charge is 0.346 e. The maximum atomic E-state index is 6.29. The smallest absolute Gasteiger partial charge is 0.228 e. The summed E-state index contributed by atoms with van der Waals surface area (Å²) in [5, 5.41) is 1.29. The van der Waals surface area contributed by atoms with Crippen molar-refractivity contribution in [2.24, 2.45) is 0 Å². The molecule has 2 aromatic carbocycles. The SMILES string of the molecule is Clc1cccc(N2CCN(c3cccc(Cl)c3)C2C(Cl)(Cl)Cl)c1. The van der Waals surface area contributed by atoms with Crippen LogP contribution in [0.3, 0.4) is 0 Å². The van der Waals surface area contributed by atoms with E-state index in [1.54, 1.807) is 0 Å². The summed E-state index contributed by atoms with van der Waals surface area (Å²) >= 11 is 31.1. The van der Waals surface area contributed by atoms with Crippen molar-refractivity contribution in [3.05, 3.63) is 58.6 Å². The van der Waals surface area contributed by atoms with Crippen LogP contribution in [0.5, 0.6) is 0 Å². The summed E-state index contributed by atoms with van der Waals surface area (Å²) in [7, 11) is 0. The summed E-state index contributed by atoms with van der Waals surface area (Å²) in [6.45, 7) is 1.43. The fraction of sp³-hybridized carbons (Fsp3) is 0.250. The monoisotopic (exact) mass is 408 g/mol. The average molecular weight is 411 g/mol. The first-order valence-electron chi connectivity index (χ1n) is 6.97. The number of alkyl halides is 3. The van der Waals surface area contributed by atoms with E-state index >= 15 is 0 Å². The molecule has 1 aliphatic rings. The number of anilines is 2. The van der Waals surface area contributed by atoms with Crippen LogP contribution in [-0.4, -0.2) is 23.0 Å². The standard InChI is InChI=1S/C16H13Cl5N2/c17-11-3-1-5-13(9-11)22-7-8-23(15(22)16(19,20)21)14-6-2-4-12(18)10-14/h1-6,9-10,15H,7-8H2. The van der Waals surface area contributed by atoms with Crippen molar-refractivity contribution in [1.29, 1.82) is 0 Å². The summed E-state index contributed by atoms with van der Waals surface area (Å²) in [5.41, 5.74) is 1.83. The highest BCUT2D eigenvalue weighted by Crippen LogP contribution is 2.42. The second kappa shape index (κ2) is 6.78. The normalized spacial score (nSPS) is 16.2. The van der Waals surface area contributed by atoms with Gasteiger partial charge in [-0.15, -0.1) is 0 Å². The Morgan fingerprint density at radius 3 is 1.57 bits per heavy atom. The molecule has 1 saturated heterocycles. The fourth-order valence-corrected chi connectivity index (χ4v) is 3.91. The molecule has 0 amide bonds. The average Bonchev–Trinajstić information content (AvgIpc) is 2.92. The molecule has 1 heterocycles. The Morgan fingerprint density at radius 2 is 1.22 bits per heavy atom. The van der Waals surface area contributed by atoms with Gasteiger partial charge in [-0.25, -0.2) is 0 Å². The van der Waals surface area contributed by atoms with Crippen LogP contribution in [0.15, 0.2) is 48.5 Å². The highest BCUT2D eigenvalue weighted by atomic mass is 35.6. The van der Waals surface area contributed by atoms with Crippen LogP contribution in [0.4, 0.5) is 11.4 Å². The van der Waals surface area contributed by atoms with Crippen molar-refractivity contribution >= 4 is 69.4 Å². The lowest BCUT2D eigenvalue weighted by Gasteiger charge is -2.37. The number of hydrogen-bond acceptors (Lipinski definition) is 2. The van der Waals surface area contributed by atoms with Crippen molar-refractivity contribution in [2.45, 2.75) is 9.96 Å². The van der Waals surface area contributed by atoms with Crippen molar-refractivity contribution in [3.63, 3.8) is 0 Å². The molecule has 0 unspecified atom stereocenters. The Labute approximate surface area is 160 Å². The van der Waals surface area contributed by atoms with Gasteiger partial charge >= 0.3 is 0 Å². The molecule has 0 aliphatic carbocycles. The Kier molecular flexibility index (Phi) is 5.10. The zero-order valence-corrected chi connectivity index (χ0v) is 15.7. The van der Waals surface area contributed by atoms with Crippen molar-refractivity contribution in [3.8, 4) is 0 Å². The minimum Gasteiger partial charge on any atom is -0.346 e. The predicted molar refractivity (Wildman–Crippen MR) is 102 cm³/mol. The van der Waals surface area contributed by atoms with Gasteiger partial charge < -0.3 is 9.80 Å². The maximum Gasteiger partial charge on any atom is 0.228 e. The number of hydrogen-bond donors (Lipinski definition) is 0. The van der Waals surface area contributed by atoms with E-state index in [0.717, 1.165) is 11.4 Å². The molecule has 3 rings (SSSR count). The van der Waals surface area contributed by atoms with Crippen molar-refractivity contribution in [1.82, 2.24) is 0 Å². The highest BCUT2D eigenvalue weighted by molar-refractivity contribution is 6.68. The molecule has 0 radical (unpaired) electrons. The predicted octanol–water partition coefficient (Wildman–Crippen LogP) is 6.02. The first kappa shape index (κ1) is 17.3. The highest BCUT2D eigenvalue weighted by Gasteiger charge is 2.45. The lowest BCUT2D eigenvalue weighted by molar-refractivity contribution is 0.682. The van der Waals surface area contributed by atoms with E-state index in [4.69, 9.17) is 58.0 Å². The van der Waals surface area contributed by atoms with Crippen LogP contribution >= 0.6 is 58.0 Å². The number of rotatable bonds is 2. The van der Waals surface area contributed by atoms with Crippen molar-refractivity contribution < 1.29 is 0 Å². The summed E-state index contributed by atoms with van der Waals surface area (Å²) in [6.07, 6.45) is -0.454. The Bertz CT molecular complexity index is 647. The number of nitrogens with zero attached hydrogens (tertiary/aromatic N) is 2. The van der Waals surface area contributed by atoms with Crippen molar-refractivity contribution in [2.75, 3.05) is 22.9 Å². The van der Waals surface area contributed by atoms with Crippen LogP contribution < -0.4 is 9.80 Å². The van der Waals surface area contributed by atoms with E-state index in [1.807, 2.05) is 58.3 Å². The second-order valence-electron chi connectivity index (χ2n) is 5.26. The molecule has 23 heavy (non-hydrogen) atoms. The van der Waals surface area contributed by atoms with Crippen LogP contribution in [0.1, 0.15) is 0 Å². The molecule has 0 N–H and O–H groups in total. The Balaban J connectivity index is 2.00. The lowest BCUT2D eigenvalue weighted by Crippen LogP contribution is -2.48. The first-order valence-corrected chi connectivity index (χ1v) is 8.86. The molecule has 1 aliphatic heterocycles. The van der Waals surface area contributed by atoms with Gasteiger partial charge in [-0.05, 0) is 36.4 Å². The summed E-state index contributed by atoms with van der Waals surface area (Å²) in [6, 6.07) is 15.1. The first-order chi connectivity index (χ1) is 10.9. The van der Waals surface area contributed by atoms with Gasteiger partial charge in [0.2, 0.25) is 3.79 Å². The molecular formula is C16H13Cl5N2. The molecule has 0 atom stereocenters. The van der Waals surface area contributed by atoms with Crippen LogP contribution in [0.25, 0.3) is 0 Å². The molecule has 7 heteroatoms. The van der Waals surface area contributed by atoms with Crippen LogP contribution in [0, 0.1) is 0 Å².